The minimum atomic E-state index is -0.833. The van der Waals surface area contributed by atoms with E-state index in [0.29, 0.717) is 0 Å². The van der Waals surface area contributed by atoms with Crippen LogP contribution >= 0.6 is 11.3 Å². The molecule has 2 heterocycles. The van der Waals surface area contributed by atoms with Crippen LogP contribution in [-0.4, -0.2) is 21.0 Å². The molecule has 0 unspecified atom stereocenters. The summed E-state index contributed by atoms with van der Waals surface area (Å²) in [5, 5.41) is 9.56. The van der Waals surface area contributed by atoms with Gasteiger partial charge in [0.2, 0.25) is 0 Å². The van der Waals surface area contributed by atoms with Crippen molar-refractivity contribution in [2.45, 2.75) is 20.3 Å². The van der Waals surface area contributed by atoms with Gasteiger partial charge in [-0.25, -0.2) is 4.98 Å². The zero-order valence-corrected chi connectivity index (χ0v) is 10.4. The fourth-order valence-electron chi connectivity index (χ4n) is 1.49. The van der Waals surface area contributed by atoms with E-state index in [4.69, 9.17) is 5.11 Å². The molecule has 5 heteroatoms. The number of rotatable bonds is 3. The summed E-state index contributed by atoms with van der Waals surface area (Å²) in [5.41, 5.74) is 2.69. The first kappa shape index (κ1) is 11.7. The van der Waals surface area contributed by atoms with Gasteiger partial charge in [0, 0.05) is 11.1 Å². The molecule has 0 aliphatic heterocycles. The average molecular weight is 248 g/mol. The second-order valence-electron chi connectivity index (χ2n) is 3.82. The summed E-state index contributed by atoms with van der Waals surface area (Å²) in [6, 6.07) is 3.87. The fourth-order valence-corrected chi connectivity index (χ4v) is 2.51. The fraction of sp³-hybridized carbons (Fsp3) is 0.250. The zero-order valence-electron chi connectivity index (χ0n) is 9.60. The van der Waals surface area contributed by atoms with E-state index in [1.54, 1.807) is 6.20 Å². The Morgan fingerprint density at radius 3 is 2.88 bits per heavy atom. The van der Waals surface area contributed by atoms with Crippen LogP contribution < -0.4 is 0 Å². The standard InChI is InChI=1S/C12H12N2O2S/c1-7-3-4-13-9(5-7)12-14-8(2)10(17-12)6-11(15)16/h3-5H,6H2,1-2H3,(H,15,16). The molecule has 0 aromatic carbocycles. The van der Waals surface area contributed by atoms with E-state index in [1.165, 1.54) is 11.3 Å². The van der Waals surface area contributed by atoms with Crippen LogP contribution in [0.2, 0.25) is 0 Å². The lowest BCUT2D eigenvalue weighted by Gasteiger charge is -1.95. The minimum Gasteiger partial charge on any atom is -0.481 e. The van der Waals surface area contributed by atoms with Crippen LogP contribution in [0.15, 0.2) is 18.3 Å². The number of carboxylic acids is 1. The van der Waals surface area contributed by atoms with Crippen molar-refractivity contribution >= 4 is 17.3 Å². The Morgan fingerprint density at radius 2 is 2.24 bits per heavy atom. The smallest absolute Gasteiger partial charge is 0.308 e. The summed E-state index contributed by atoms with van der Waals surface area (Å²) < 4.78 is 0. The van der Waals surface area contributed by atoms with E-state index in [-0.39, 0.29) is 6.42 Å². The van der Waals surface area contributed by atoms with Gasteiger partial charge >= 0.3 is 5.97 Å². The van der Waals surface area contributed by atoms with E-state index < -0.39 is 5.97 Å². The molecule has 17 heavy (non-hydrogen) atoms. The number of carbonyl (C=O) groups is 1. The van der Waals surface area contributed by atoms with Crippen LogP contribution in [0.5, 0.6) is 0 Å². The molecule has 0 atom stereocenters. The van der Waals surface area contributed by atoms with Crippen LogP contribution in [0.1, 0.15) is 16.1 Å². The third kappa shape index (κ3) is 2.68. The largest absolute Gasteiger partial charge is 0.481 e. The molecule has 0 aliphatic carbocycles. The van der Waals surface area contributed by atoms with Crippen molar-refractivity contribution in [1.29, 1.82) is 0 Å². The Labute approximate surface area is 103 Å². The lowest BCUT2D eigenvalue weighted by molar-refractivity contribution is -0.136. The Bertz CT molecular complexity index is 563. The molecular formula is C12H12N2O2S. The summed E-state index contributed by atoms with van der Waals surface area (Å²) in [7, 11) is 0. The van der Waals surface area contributed by atoms with Crippen LogP contribution in [0.25, 0.3) is 10.7 Å². The Kier molecular flexibility index (Phi) is 3.19. The van der Waals surface area contributed by atoms with E-state index in [9.17, 15) is 4.79 Å². The molecular weight excluding hydrogens is 236 g/mol. The maximum Gasteiger partial charge on any atom is 0.308 e. The van der Waals surface area contributed by atoms with Gasteiger partial charge < -0.3 is 5.11 Å². The molecule has 0 spiro atoms. The average Bonchev–Trinajstić information content (AvgIpc) is 2.59. The van der Waals surface area contributed by atoms with Gasteiger partial charge in [-0.2, -0.15) is 0 Å². The molecule has 0 saturated carbocycles. The lowest BCUT2D eigenvalue weighted by atomic mass is 10.2. The molecule has 4 nitrogen and oxygen atoms in total. The molecule has 0 fully saturated rings. The van der Waals surface area contributed by atoms with Crippen LogP contribution in [-0.2, 0) is 11.2 Å². The molecule has 0 radical (unpaired) electrons. The van der Waals surface area contributed by atoms with Gasteiger partial charge in [-0.3, -0.25) is 9.78 Å². The quantitative estimate of drug-likeness (QED) is 0.906. The zero-order chi connectivity index (χ0) is 12.4. The normalized spacial score (nSPS) is 10.5. The van der Waals surface area contributed by atoms with Crippen molar-refractivity contribution in [2.24, 2.45) is 0 Å². The number of carboxylic acid groups (broad SMARTS) is 1. The van der Waals surface area contributed by atoms with E-state index >= 15 is 0 Å². The maximum atomic E-state index is 10.7. The minimum absolute atomic E-state index is 0.0231. The first-order valence-electron chi connectivity index (χ1n) is 5.17. The van der Waals surface area contributed by atoms with E-state index in [2.05, 4.69) is 9.97 Å². The molecule has 0 amide bonds. The molecule has 1 N–H and O–H groups in total. The van der Waals surface area contributed by atoms with Gasteiger partial charge in [0.1, 0.15) is 5.01 Å². The first-order chi connectivity index (χ1) is 8.06. The highest BCUT2D eigenvalue weighted by Gasteiger charge is 2.12. The van der Waals surface area contributed by atoms with Crippen molar-refractivity contribution in [3.63, 3.8) is 0 Å². The predicted molar refractivity (Wildman–Crippen MR) is 66.2 cm³/mol. The molecule has 88 valence electrons. The number of aliphatic carboxylic acids is 1. The van der Waals surface area contributed by atoms with Gasteiger partial charge in [-0.05, 0) is 31.5 Å². The highest BCUT2D eigenvalue weighted by molar-refractivity contribution is 7.15. The second kappa shape index (κ2) is 4.63. The monoisotopic (exact) mass is 248 g/mol. The second-order valence-corrected chi connectivity index (χ2v) is 4.90. The lowest BCUT2D eigenvalue weighted by Crippen LogP contribution is -1.99. The third-order valence-corrected chi connectivity index (χ3v) is 3.52. The first-order valence-corrected chi connectivity index (χ1v) is 5.99. The van der Waals surface area contributed by atoms with Crippen LogP contribution in [0, 0.1) is 13.8 Å². The van der Waals surface area contributed by atoms with Gasteiger partial charge in [0.15, 0.2) is 0 Å². The number of aromatic nitrogens is 2. The molecule has 2 rings (SSSR count). The summed E-state index contributed by atoms with van der Waals surface area (Å²) >= 11 is 1.40. The number of hydrogen-bond acceptors (Lipinski definition) is 4. The number of nitrogens with zero attached hydrogens (tertiary/aromatic N) is 2. The highest BCUT2D eigenvalue weighted by atomic mass is 32.1. The molecule has 0 aliphatic rings. The van der Waals surface area contributed by atoms with Crippen molar-refractivity contribution in [3.8, 4) is 10.7 Å². The Hall–Kier alpha value is -1.75. The third-order valence-electron chi connectivity index (χ3n) is 2.34. The van der Waals surface area contributed by atoms with Crippen molar-refractivity contribution < 1.29 is 9.90 Å². The summed E-state index contributed by atoms with van der Waals surface area (Å²) in [6.45, 7) is 3.82. The number of pyridine rings is 1. The maximum absolute atomic E-state index is 10.7. The van der Waals surface area contributed by atoms with Crippen molar-refractivity contribution in [3.05, 3.63) is 34.5 Å². The van der Waals surface area contributed by atoms with E-state index in [1.807, 2.05) is 26.0 Å². The number of aryl methyl sites for hydroxylation is 2. The Balaban J connectivity index is 2.37. The van der Waals surface area contributed by atoms with Crippen molar-refractivity contribution in [2.75, 3.05) is 0 Å². The molecule has 2 aromatic heterocycles. The molecule has 0 bridgehead atoms. The summed E-state index contributed by atoms with van der Waals surface area (Å²) in [4.78, 5) is 20.1. The van der Waals surface area contributed by atoms with Crippen LogP contribution in [0.3, 0.4) is 0 Å². The highest BCUT2D eigenvalue weighted by Crippen LogP contribution is 2.27. The van der Waals surface area contributed by atoms with Crippen molar-refractivity contribution in [1.82, 2.24) is 9.97 Å². The van der Waals surface area contributed by atoms with Gasteiger partial charge in [0.05, 0.1) is 17.8 Å². The van der Waals surface area contributed by atoms with Crippen LogP contribution in [0.4, 0.5) is 0 Å². The number of hydrogen-bond donors (Lipinski definition) is 1. The van der Waals surface area contributed by atoms with Gasteiger partial charge in [-0.1, -0.05) is 0 Å². The van der Waals surface area contributed by atoms with Gasteiger partial charge in [0.25, 0.3) is 0 Å². The summed E-state index contributed by atoms with van der Waals surface area (Å²) in [5.74, 6) is -0.833. The SMILES string of the molecule is Cc1ccnc(-c2nc(C)c(CC(=O)O)s2)c1. The topological polar surface area (TPSA) is 63.1 Å². The summed E-state index contributed by atoms with van der Waals surface area (Å²) in [6.07, 6.45) is 1.76. The number of thiazole rings is 1. The molecule has 2 aromatic rings. The molecule has 0 saturated heterocycles. The van der Waals surface area contributed by atoms with E-state index in [0.717, 1.165) is 26.8 Å². The van der Waals surface area contributed by atoms with Gasteiger partial charge in [-0.15, -0.1) is 11.3 Å². The predicted octanol–water partition coefficient (Wildman–Crippen LogP) is 2.45. The Morgan fingerprint density at radius 1 is 1.47 bits per heavy atom.